The van der Waals surface area contributed by atoms with Crippen LogP contribution in [-0.4, -0.2) is 0 Å². The van der Waals surface area contributed by atoms with Crippen LogP contribution in [0.3, 0.4) is 0 Å². The molecule has 0 spiro atoms. The van der Waals surface area contributed by atoms with Crippen LogP contribution >= 0.6 is 0 Å². The highest BCUT2D eigenvalue weighted by Gasteiger charge is 2.14. The van der Waals surface area contributed by atoms with Crippen molar-refractivity contribution >= 4 is 11.2 Å². The van der Waals surface area contributed by atoms with Crippen LogP contribution < -0.4 is 5.82 Å². The molecule has 0 aliphatic rings. The van der Waals surface area contributed by atoms with E-state index in [4.69, 9.17) is 8.83 Å². The summed E-state index contributed by atoms with van der Waals surface area (Å²) in [6, 6.07) is 14.0. The van der Waals surface area contributed by atoms with Crippen LogP contribution in [0.25, 0.3) is 22.3 Å². The van der Waals surface area contributed by atoms with Gasteiger partial charge in [-0.25, -0.2) is 4.79 Å². The monoisotopic (exact) mass is 296 g/mol. The van der Waals surface area contributed by atoms with Crippen molar-refractivity contribution in [2.24, 2.45) is 0 Å². The molecule has 3 aromatic rings. The second kappa shape index (κ2) is 6.65. The lowest BCUT2D eigenvalue weighted by Gasteiger charge is -2.05. The Morgan fingerprint density at radius 1 is 0.864 bits per heavy atom. The van der Waals surface area contributed by atoms with Crippen LogP contribution in [0.1, 0.15) is 38.2 Å². The van der Waals surface area contributed by atoms with Crippen molar-refractivity contribution in [2.45, 2.75) is 39.0 Å². The van der Waals surface area contributed by atoms with Crippen LogP contribution in [0.15, 0.2) is 56.1 Å². The standard InChI is InChI=1S/C19H20O3/c1-2-3-4-6-11-15-12-13-16(14-9-7-5-8-10-14)18-17(15)21-19(20)22-18/h5,7-10,12-13H,2-4,6,11H2,1H3. The molecule has 0 aliphatic heterocycles. The van der Waals surface area contributed by atoms with E-state index >= 15 is 0 Å². The zero-order chi connectivity index (χ0) is 15.4. The molecule has 0 radical (unpaired) electrons. The van der Waals surface area contributed by atoms with Gasteiger partial charge in [0.1, 0.15) is 0 Å². The number of rotatable bonds is 6. The lowest BCUT2D eigenvalue weighted by Crippen LogP contribution is -1.89. The maximum absolute atomic E-state index is 11.6. The van der Waals surface area contributed by atoms with Crippen molar-refractivity contribution in [3.05, 3.63) is 58.6 Å². The fourth-order valence-corrected chi connectivity index (χ4v) is 2.79. The summed E-state index contributed by atoms with van der Waals surface area (Å²) in [6.07, 6.45) is 5.65. The molecule has 0 amide bonds. The van der Waals surface area contributed by atoms with E-state index in [1.165, 1.54) is 19.3 Å². The number of fused-ring (bicyclic) bond motifs is 1. The van der Waals surface area contributed by atoms with Gasteiger partial charge in [0, 0.05) is 5.56 Å². The van der Waals surface area contributed by atoms with Crippen molar-refractivity contribution in [3.63, 3.8) is 0 Å². The minimum absolute atomic E-state index is 0.559. The van der Waals surface area contributed by atoms with Gasteiger partial charge < -0.3 is 8.83 Å². The topological polar surface area (TPSA) is 43.4 Å². The van der Waals surface area contributed by atoms with E-state index in [-0.39, 0.29) is 0 Å². The van der Waals surface area contributed by atoms with Crippen LogP contribution in [0, 0.1) is 0 Å². The lowest BCUT2D eigenvalue weighted by molar-refractivity contribution is 0.408. The SMILES string of the molecule is CCCCCCc1ccc(-c2ccccc2)c2oc(=O)oc12. The molecule has 0 unspecified atom stereocenters. The van der Waals surface area contributed by atoms with E-state index in [9.17, 15) is 4.79 Å². The number of benzene rings is 2. The summed E-state index contributed by atoms with van der Waals surface area (Å²) in [6.45, 7) is 2.20. The quantitative estimate of drug-likeness (QED) is 0.589. The Morgan fingerprint density at radius 2 is 1.64 bits per heavy atom. The van der Waals surface area contributed by atoms with Crippen molar-refractivity contribution in [3.8, 4) is 11.1 Å². The zero-order valence-electron chi connectivity index (χ0n) is 12.8. The molecule has 22 heavy (non-hydrogen) atoms. The molecule has 3 rings (SSSR count). The average molecular weight is 296 g/mol. The van der Waals surface area contributed by atoms with Gasteiger partial charge in [0.2, 0.25) is 0 Å². The predicted molar refractivity (Wildman–Crippen MR) is 88.0 cm³/mol. The first-order valence-corrected chi connectivity index (χ1v) is 7.90. The van der Waals surface area contributed by atoms with Crippen molar-refractivity contribution in [1.82, 2.24) is 0 Å². The van der Waals surface area contributed by atoms with Crippen LogP contribution in [0.4, 0.5) is 0 Å². The lowest BCUT2D eigenvalue weighted by atomic mass is 9.99. The third kappa shape index (κ3) is 2.98. The molecule has 0 saturated heterocycles. The number of hydrogen-bond acceptors (Lipinski definition) is 3. The van der Waals surface area contributed by atoms with Gasteiger partial charge in [-0.2, -0.15) is 0 Å². The third-order valence-corrected chi connectivity index (χ3v) is 3.95. The molecular formula is C19H20O3. The summed E-state index contributed by atoms with van der Waals surface area (Å²) in [5, 5.41) is 0. The predicted octanol–water partition coefficient (Wildman–Crippen LogP) is 5.18. The Morgan fingerprint density at radius 3 is 2.41 bits per heavy atom. The molecule has 3 heteroatoms. The summed E-state index contributed by atoms with van der Waals surface area (Å²) in [5.41, 5.74) is 4.14. The van der Waals surface area contributed by atoms with E-state index in [0.29, 0.717) is 11.2 Å². The van der Waals surface area contributed by atoms with Gasteiger partial charge in [-0.3, -0.25) is 0 Å². The molecule has 1 heterocycles. The van der Waals surface area contributed by atoms with Gasteiger partial charge in [0.05, 0.1) is 0 Å². The van der Waals surface area contributed by atoms with Crippen molar-refractivity contribution in [1.29, 1.82) is 0 Å². The fraction of sp³-hybridized carbons (Fsp3) is 0.316. The van der Waals surface area contributed by atoms with Gasteiger partial charge >= 0.3 is 5.82 Å². The Kier molecular flexibility index (Phi) is 4.42. The number of hydrogen-bond donors (Lipinski definition) is 0. The van der Waals surface area contributed by atoms with E-state index < -0.39 is 5.82 Å². The third-order valence-electron chi connectivity index (χ3n) is 3.95. The molecule has 0 saturated carbocycles. The first kappa shape index (κ1) is 14.6. The summed E-state index contributed by atoms with van der Waals surface area (Å²) in [7, 11) is 0. The van der Waals surface area contributed by atoms with Gasteiger partial charge in [0.25, 0.3) is 0 Å². The molecule has 114 valence electrons. The molecule has 0 fully saturated rings. The van der Waals surface area contributed by atoms with Gasteiger partial charge in [-0.15, -0.1) is 0 Å². The van der Waals surface area contributed by atoms with Crippen molar-refractivity contribution < 1.29 is 8.83 Å². The van der Waals surface area contributed by atoms with Crippen LogP contribution in [-0.2, 0) is 6.42 Å². The highest BCUT2D eigenvalue weighted by molar-refractivity contribution is 5.90. The Bertz CT molecular complexity index is 796. The Balaban J connectivity index is 1.98. The highest BCUT2D eigenvalue weighted by atomic mass is 16.6. The Hall–Kier alpha value is -2.29. The molecule has 0 atom stereocenters. The molecule has 2 aromatic carbocycles. The molecule has 0 N–H and O–H groups in total. The number of unbranched alkanes of at least 4 members (excludes halogenated alkanes) is 3. The minimum atomic E-state index is -0.631. The van der Waals surface area contributed by atoms with Gasteiger partial charge in [-0.05, 0) is 24.0 Å². The maximum atomic E-state index is 11.6. The first-order chi connectivity index (χ1) is 10.8. The fourth-order valence-electron chi connectivity index (χ4n) is 2.79. The van der Waals surface area contributed by atoms with Crippen molar-refractivity contribution in [2.75, 3.05) is 0 Å². The van der Waals surface area contributed by atoms with E-state index in [0.717, 1.165) is 29.5 Å². The molecule has 0 aliphatic carbocycles. The normalized spacial score (nSPS) is 11.1. The Labute approximate surface area is 129 Å². The molecular weight excluding hydrogens is 276 g/mol. The molecule has 1 aromatic heterocycles. The van der Waals surface area contributed by atoms with E-state index in [1.807, 2.05) is 36.4 Å². The smallest absolute Gasteiger partial charge is 0.390 e. The molecule has 3 nitrogen and oxygen atoms in total. The zero-order valence-corrected chi connectivity index (χ0v) is 12.8. The minimum Gasteiger partial charge on any atom is -0.390 e. The average Bonchev–Trinajstić information content (AvgIpc) is 2.94. The van der Waals surface area contributed by atoms with E-state index in [1.54, 1.807) is 0 Å². The first-order valence-electron chi connectivity index (χ1n) is 7.90. The van der Waals surface area contributed by atoms with Gasteiger partial charge in [-0.1, -0.05) is 68.7 Å². The summed E-state index contributed by atoms with van der Waals surface area (Å²) in [4.78, 5) is 11.6. The highest BCUT2D eigenvalue weighted by Crippen LogP contribution is 2.31. The molecule has 0 bridgehead atoms. The van der Waals surface area contributed by atoms with Crippen LogP contribution in [0.2, 0.25) is 0 Å². The summed E-state index contributed by atoms with van der Waals surface area (Å²) in [5.74, 6) is -0.631. The summed E-state index contributed by atoms with van der Waals surface area (Å²) < 4.78 is 10.6. The van der Waals surface area contributed by atoms with E-state index in [2.05, 4.69) is 13.0 Å². The number of aryl methyl sites for hydroxylation is 1. The largest absolute Gasteiger partial charge is 0.519 e. The second-order valence-electron chi connectivity index (χ2n) is 5.56. The maximum Gasteiger partial charge on any atom is 0.519 e. The summed E-state index contributed by atoms with van der Waals surface area (Å²) >= 11 is 0. The van der Waals surface area contributed by atoms with Gasteiger partial charge in [0.15, 0.2) is 11.2 Å². The second-order valence-corrected chi connectivity index (χ2v) is 5.56. The van der Waals surface area contributed by atoms with Crippen LogP contribution in [0.5, 0.6) is 0 Å².